The molecular formula is C28H41F3N6O2. The number of nitrogens with one attached hydrogen (secondary N) is 2. The molecule has 4 rings (SSSR count). The Labute approximate surface area is 229 Å². The molecule has 0 bridgehead atoms. The molecule has 1 saturated heterocycles. The average molecular weight is 551 g/mol. The fourth-order valence-corrected chi connectivity index (χ4v) is 5.34. The maximum Gasteiger partial charge on any atom is 0.419 e. The molecule has 2 aromatic rings. The highest BCUT2D eigenvalue weighted by atomic mass is 19.4. The molecule has 1 saturated carbocycles. The molecule has 0 unspecified atom stereocenters. The lowest BCUT2D eigenvalue weighted by atomic mass is 9.81. The van der Waals surface area contributed by atoms with Gasteiger partial charge in [-0.05, 0) is 49.9 Å². The molecule has 2 aliphatic rings. The van der Waals surface area contributed by atoms with E-state index in [1.165, 1.54) is 6.92 Å². The number of nitrogens with zero attached hydrogens (tertiary/aromatic N) is 4. The Morgan fingerprint density at radius 2 is 1.87 bits per heavy atom. The second-order valence-electron chi connectivity index (χ2n) is 10.3. The fourth-order valence-electron chi connectivity index (χ4n) is 5.34. The predicted octanol–water partition coefficient (Wildman–Crippen LogP) is 4.87. The molecule has 216 valence electrons. The van der Waals surface area contributed by atoms with Gasteiger partial charge in [-0.2, -0.15) is 13.2 Å². The summed E-state index contributed by atoms with van der Waals surface area (Å²) in [4.78, 5) is 24.6. The minimum atomic E-state index is -4.57. The zero-order valence-corrected chi connectivity index (χ0v) is 22.3. The monoisotopic (exact) mass is 550 g/mol. The van der Waals surface area contributed by atoms with E-state index in [1.54, 1.807) is 7.11 Å². The zero-order chi connectivity index (χ0) is 27.3. The number of ether oxygens (including phenoxy) is 1. The van der Waals surface area contributed by atoms with E-state index in [1.807, 2.05) is 18.2 Å². The number of benzene rings is 1. The summed E-state index contributed by atoms with van der Waals surface area (Å²) >= 11 is 0. The Morgan fingerprint density at radius 1 is 1.15 bits per heavy atom. The van der Waals surface area contributed by atoms with Crippen molar-refractivity contribution in [2.24, 2.45) is 5.92 Å². The molecule has 11 heteroatoms. The van der Waals surface area contributed by atoms with E-state index < -0.39 is 11.7 Å². The maximum atomic E-state index is 13.8. The van der Waals surface area contributed by atoms with E-state index in [0.29, 0.717) is 11.4 Å². The topological polar surface area (TPSA) is 82.6 Å². The van der Waals surface area contributed by atoms with Crippen molar-refractivity contribution < 1.29 is 22.7 Å². The van der Waals surface area contributed by atoms with Gasteiger partial charge in [0.05, 0.1) is 24.1 Å². The molecule has 1 aromatic carbocycles. The van der Waals surface area contributed by atoms with Gasteiger partial charge in [-0.1, -0.05) is 26.3 Å². The van der Waals surface area contributed by atoms with Crippen LogP contribution in [0.1, 0.15) is 56.9 Å². The molecule has 1 aromatic heterocycles. The number of aromatic nitrogens is 2. The number of carbonyl (C=O) groups is 1. The third-order valence-corrected chi connectivity index (χ3v) is 7.44. The number of anilines is 2. The van der Waals surface area contributed by atoms with Crippen LogP contribution in [-0.4, -0.2) is 72.1 Å². The van der Waals surface area contributed by atoms with Gasteiger partial charge in [-0.3, -0.25) is 9.69 Å². The van der Waals surface area contributed by atoms with Crippen LogP contribution < -0.4 is 15.4 Å². The number of rotatable bonds is 8. The van der Waals surface area contributed by atoms with E-state index in [9.17, 15) is 18.0 Å². The Balaban J connectivity index is 0.00000420. The highest BCUT2D eigenvalue weighted by Crippen LogP contribution is 2.36. The summed E-state index contributed by atoms with van der Waals surface area (Å²) in [7, 11) is 3.68. The lowest BCUT2D eigenvalue weighted by Gasteiger charge is -2.32. The Kier molecular flexibility index (Phi) is 10.5. The SMILES string of the molecule is C.COc1cc(CN2CCN(C)CC2)ccc1Nc1ncc(C(F)(F)F)c(C[C@@H]2CCCC[C@H]2NC(C)=O)n1. The van der Waals surface area contributed by atoms with Gasteiger partial charge in [-0.25, -0.2) is 9.97 Å². The zero-order valence-electron chi connectivity index (χ0n) is 22.3. The number of carbonyl (C=O) groups excluding carboxylic acids is 1. The van der Waals surface area contributed by atoms with Crippen LogP contribution in [0.4, 0.5) is 24.8 Å². The molecule has 2 atom stereocenters. The number of likely N-dealkylation sites (N-methyl/N-ethyl adjacent to an activating group) is 1. The van der Waals surface area contributed by atoms with Crippen LogP contribution in [0.2, 0.25) is 0 Å². The van der Waals surface area contributed by atoms with Crippen LogP contribution in [0.3, 0.4) is 0 Å². The molecule has 8 nitrogen and oxygen atoms in total. The average Bonchev–Trinajstić information content (AvgIpc) is 2.86. The first-order chi connectivity index (χ1) is 18.1. The first-order valence-corrected chi connectivity index (χ1v) is 13.2. The molecule has 0 radical (unpaired) electrons. The van der Waals surface area contributed by atoms with Crippen LogP contribution in [0, 0.1) is 5.92 Å². The summed E-state index contributed by atoms with van der Waals surface area (Å²) in [6.07, 6.45) is -0.288. The Bertz CT molecular complexity index is 1110. The quantitative estimate of drug-likeness (QED) is 0.485. The minimum absolute atomic E-state index is 0. The normalized spacial score (nSPS) is 20.7. The largest absolute Gasteiger partial charge is 0.495 e. The molecule has 1 aliphatic heterocycles. The molecule has 1 amide bonds. The molecule has 2 fully saturated rings. The second-order valence-corrected chi connectivity index (χ2v) is 10.3. The van der Waals surface area contributed by atoms with Crippen molar-refractivity contribution >= 4 is 17.5 Å². The van der Waals surface area contributed by atoms with Crippen LogP contribution in [0.5, 0.6) is 5.75 Å². The number of hydrogen-bond acceptors (Lipinski definition) is 7. The Hall–Kier alpha value is -2.92. The third kappa shape index (κ3) is 8.28. The maximum absolute atomic E-state index is 13.8. The smallest absolute Gasteiger partial charge is 0.419 e. The van der Waals surface area contributed by atoms with Crippen LogP contribution in [0.15, 0.2) is 24.4 Å². The number of amides is 1. The van der Waals surface area contributed by atoms with Gasteiger partial charge in [-0.15, -0.1) is 0 Å². The van der Waals surface area contributed by atoms with Gasteiger partial charge in [0.1, 0.15) is 5.75 Å². The number of methoxy groups -OCH3 is 1. The first kappa shape index (κ1) is 30.6. The lowest BCUT2D eigenvalue weighted by Crippen LogP contribution is -2.43. The number of hydrogen-bond donors (Lipinski definition) is 2. The van der Waals surface area contributed by atoms with Gasteiger partial charge >= 0.3 is 6.18 Å². The van der Waals surface area contributed by atoms with Crippen molar-refractivity contribution in [1.29, 1.82) is 0 Å². The summed E-state index contributed by atoms with van der Waals surface area (Å²) in [6, 6.07) is 5.60. The predicted molar refractivity (Wildman–Crippen MR) is 146 cm³/mol. The van der Waals surface area contributed by atoms with E-state index >= 15 is 0 Å². The van der Waals surface area contributed by atoms with E-state index in [0.717, 1.165) is 70.2 Å². The van der Waals surface area contributed by atoms with E-state index in [2.05, 4.69) is 37.4 Å². The van der Waals surface area contributed by atoms with Gasteiger partial charge in [0.2, 0.25) is 11.9 Å². The van der Waals surface area contributed by atoms with Crippen LogP contribution in [0.25, 0.3) is 0 Å². The van der Waals surface area contributed by atoms with Gasteiger partial charge < -0.3 is 20.3 Å². The van der Waals surface area contributed by atoms with Crippen LogP contribution in [-0.2, 0) is 23.9 Å². The van der Waals surface area contributed by atoms with E-state index in [4.69, 9.17) is 4.74 Å². The van der Waals surface area contributed by atoms with E-state index in [-0.39, 0.29) is 43.4 Å². The van der Waals surface area contributed by atoms with Gasteiger partial charge in [0, 0.05) is 51.9 Å². The molecule has 0 spiro atoms. The first-order valence-electron chi connectivity index (χ1n) is 13.2. The molecule has 1 aliphatic carbocycles. The Morgan fingerprint density at radius 3 is 2.54 bits per heavy atom. The fraction of sp³-hybridized carbons (Fsp3) is 0.607. The number of alkyl halides is 3. The molecule has 2 N–H and O–H groups in total. The summed E-state index contributed by atoms with van der Waals surface area (Å²) < 4.78 is 47.1. The van der Waals surface area contributed by atoms with Crippen molar-refractivity contribution in [2.75, 3.05) is 45.7 Å². The minimum Gasteiger partial charge on any atom is -0.495 e. The molecular weight excluding hydrogens is 509 g/mol. The summed E-state index contributed by atoms with van der Waals surface area (Å²) in [5, 5.41) is 5.97. The summed E-state index contributed by atoms with van der Waals surface area (Å²) in [5.41, 5.74) is 0.758. The van der Waals surface area contributed by atoms with Crippen molar-refractivity contribution in [3.8, 4) is 5.75 Å². The molecule has 2 heterocycles. The van der Waals surface area contributed by atoms with Gasteiger partial charge in [0.25, 0.3) is 0 Å². The highest BCUT2D eigenvalue weighted by molar-refractivity contribution is 5.73. The van der Waals surface area contributed by atoms with Crippen molar-refractivity contribution in [2.45, 2.75) is 65.2 Å². The van der Waals surface area contributed by atoms with Crippen LogP contribution >= 0.6 is 0 Å². The van der Waals surface area contributed by atoms with Crippen molar-refractivity contribution in [1.82, 2.24) is 25.1 Å². The van der Waals surface area contributed by atoms with Crippen molar-refractivity contribution in [3.63, 3.8) is 0 Å². The van der Waals surface area contributed by atoms with Crippen molar-refractivity contribution in [3.05, 3.63) is 41.2 Å². The van der Waals surface area contributed by atoms with Gasteiger partial charge in [0.15, 0.2) is 0 Å². The lowest BCUT2D eigenvalue weighted by molar-refractivity contribution is -0.139. The standard InChI is InChI=1S/C27H37F3N6O2.CH4/c1-18(37)32-22-7-5-4-6-20(22)15-24-21(27(28,29)30)16-31-26(34-24)33-23-9-8-19(14-25(23)38-3)17-36-12-10-35(2)11-13-36;/h8-9,14,16,20,22H,4-7,10-13,15,17H2,1-3H3,(H,32,37)(H,31,33,34);1H4/t20-,22+;/m0./s1. The third-order valence-electron chi connectivity index (χ3n) is 7.44. The number of piperazine rings is 1. The second kappa shape index (κ2) is 13.4. The summed E-state index contributed by atoms with van der Waals surface area (Å²) in [6.45, 7) is 6.26. The number of halogens is 3. The summed E-state index contributed by atoms with van der Waals surface area (Å²) in [5.74, 6) is 0.343. The molecule has 39 heavy (non-hydrogen) atoms. The highest BCUT2D eigenvalue weighted by Gasteiger charge is 2.37.